The lowest BCUT2D eigenvalue weighted by Gasteiger charge is -2.25. The summed E-state index contributed by atoms with van der Waals surface area (Å²) in [5.74, 6) is 2.34. The second-order valence-corrected chi connectivity index (χ2v) is 4.13. The highest BCUT2D eigenvalue weighted by Gasteiger charge is 2.22. The van der Waals surface area contributed by atoms with Crippen LogP contribution in [0.2, 0.25) is 0 Å². The first kappa shape index (κ1) is 14.5. The molecule has 0 unspecified atom stereocenters. The second-order valence-electron chi connectivity index (χ2n) is 4.13. The molecular weight excluding hydrogens is 206 g/mol. The minimum Gasteiger partial charge on any atom is -0.442 e. The van der Waals surface area contributed by atoms with Crippen LogP contribution in [-0.4, -0.2) is 29.9 Å². The van der Waals surface area contributed by atoms with E-state index in [1.165, 1.54) is 0 Å². The van der Waals surface area contributed by atoms with Crippen molar-refractivity contribution in [1.82, 2.24) is 5.06 Å². The monoisotopic (exact) mass is 225 g/mol. The third kappa shape index (κ3) is 6.91. The molecule has 16 heavy (non-hydrogen) atoms. The van der Waals surface area contributed by atoms with Crippen molar-refractivity contribution in [2.45, 2.75) is 32.8 Å². The van der Waals surface area contributed by atoms with Crippen LogP contribution in [0, 0.1) is 12.3 Å². The molecule has 0 rings (SSSR count). The van der Waals surface area contributed by atoms with Gasteiger partial charge in [-0.2, -0.15) is 5.06 Å². The highest BCUT2D eigenvalue weighted by atomic mass is 16.7. The lowest BCUT2D eigenvalue weighted by atomic mass is 10.2. The highest BCUT2D eigenvalue weighted by molar-refractivity contribution is 5.67. The van der Waals surface area contributed by atoms with Crippen LogP contribution in [0.1, 0.15) is 27.2 Å². The number of hydroxylamine groups is 2. The van der Waals surface area contributed by atoms with Gasteiger partial charge in [0.05, 0.1) is 6.61 Å². The summed E-state index contributed by atoms with van der Waals surface area (Å²) in [5, 5.41) is 1.04. The average Bonchev–Trinajstić information content (AvgIpc) is 2.14. The number of ether oxygens (including phenoxy) is 1. The molecule has 0 N–H and O–H groups in total. The third-order valence-corrected chi connectivity index (χ3v) is 1.40. The number of nitrogens with zero attached hydrogens (tertiary/aromatic N) is 1. The zero-order valence-corrected chi connectivity index (χ0v) is 10.2. The molecule has 0 aliphatic rings. The summed E-state index contributed by atoms with van der Waals surface area (Å²) >= 11 is 0. The molecular formula is C12H19NO3. The van der Waals surface area contributed by atoms with Gasteiger partial charge in [-0.3, -0.25) is 4.84 Å². The molecule has 0 aliphatic heterocycles. The Labute approximate surface area is 97.2 Å². The molecule has 90 valence electrons. The maximum absolute atomic E-state index is 11.6. The molecule has 0 bridgehead atoms. The summed E-state index contributed by atoms with van der Waals surface area (Å²) in [6.45, 7) is 9.31. The first-order chi connectivity index (χ1) is 7.40. The Morgan fingerprint density at radius 2 is 2.19 bits per heavy atom. The molecule has 0 saturated carbocycles. The summed E-state index contributed by atoms with van der Waals surface area (Å²) in [4.78, 5) is 16.8. The van der Waals surface area contributed by atoms with E-state index in [0.29, 0.717) is 13.0 Å². The van der Waals surface area contributed by atoms with Crippen LogP contribution in [0.4, 0.5) is 4.79 Å². The Hall–Kier alpha value is -1.47. The first-order valence-electron chi connectivity index (χ1n) is 5.08. The lowest BCUT2D eigenvalue weighted by molar-refractivity contribution is -0.138. The zero-order chi connectivity index (χ0) is 12.6. The molecule has 0 aliphatic carbocycles. The number of terminal acetylenes is 1. The molecule has 0 aromatic carbocycles. The molecule has 4 nitrogen and oxygen atoms in total. The van der Waals surface area contributed by atoms with Gasteiger partial charge in [0, 0.05) is 0 Å². The quantitative estimate of drug-likeness (QED) is 0.312. The summed E-state index contributed by atoms with van der Waals surface area (Å²) in [6.07, 6.45) is 6.90. The van der Waals surface area contributed by atoms with Gasteiger partial charge in [0.2, 0.25) is 0 Å². The Balaban J connectivity index is 4.24. The van der Waals surface area contributed by atoms with E-state index in [0.717, 1.165) is 5.06 Å². The van der Waals surface area contributed by atoms with Gasteiger partial charge in [0.15, 0.2) is 0 Å². The van der Waals surface area contributed by atoms with Crippen LogP contribution in [-0.2, 0) is 9.57 Å². The van der Waals surface area contributed by atoms with E-state index in [9.17, 15) is 4.79 Å². The summed E-state index contributed by atoms with van der Waals surface area (Å²) < 4.78 is 5.12. The second kappa shape index (κ2) is 6.91. The third-order valence-electron chi connectivity index (χ3n) is 1.40. The molecule has 4 heteroatoms. The summed E-state index contributed by atoms with van der Waals surface area (Å²) in [7, 11) is 0. The van der Waals surface area contributed by atoms with Crippen molar-refractivity contribution in [3.8, 4) is 12.3 Å². The smallest absolute Gasteiger partial charge is 0.435 e. The van der Waals surface area contributed by atoms with Gasteiger partial charge in [0.25, 0.3) is 0 Å². The van der Waals surface area contributed by atoms with Crippen LogP contribution in [0.3, 0.4) is 0 Å². The van der Waals surface area contributed by atoms with E-state index < -0.39 is 11.7 Å². The predicted octanol–water partition coefficient (Wildman–Crippen LogP) is 2.36. The van der Waals surface area contributed by atoms with Gasteiger partial charge in [0.1, 0.15) is 12.1 Å². The van der Waals surface area contributed by atoms with Gasteiger partial charge >= 0.3 is 6.09 Å². The fraction of sp³-hybridized carbons (Fsp3) is 0.583. The van der Waals surface area contributed by atoms with Gasteiger partial charge in [-0.05, 0) is 27.2 Å². The number of amides is 1. The van der Waals surface area contributed by atoms with Gasteiger partial charge in [-0.1, -0.05) is 12.0 Å². The van der Waals surface area contributed by atoms with E-state index in [1.807, 2.05) is 0 Å². The maximum Gasteiger partial charge on any atom is 0.435 e. The molecule has 0 saturated heterocycles. The molecule has 0 radical (unpaired) electrons. The molecule has 0 heterocycles. The fourth-order valence-corrected chi connectivity index (χ4v) is 0.805. The molecule has 0 fully saturated rings. The van der Waals surface area contributed by atoms with Crippen LogP contribution >= 0.6 is 0 Å². The maximum atomic E-state index is 11.6. The largest absolute Gasteiger partial charge is 0.442 e. The highest BCUT2D eigenvalue weighted by Crippen LogP contribution is 2.10. The average molecular weight is 225 g/mol. The Bertz CT molecular complexity index is 273. The zero-order valence-electron chi connectivity index (χ0n) is 10.2. The van der Waals surface area contributed by atoms with E-state index in [1.54, 1.807) is 26.8 Å². The molecule has 0 aromatic rings. The fourth-order valence-electron chi connectivity index (χ4n) is 0.805. The SMILES string of the molecule is C#CCN(OCCC=C)C(=O)OC(C)(C)C. The van der Waals surface area contributed by atoms with Crippen LogP contribution in [0.15, 0.2) is 12.7 Å². The number of rotatable bonds is 5. The van der Waals surface area contributed by atoms with E-state index in [2.05, 4.69) is 12.5 Å². The summed E-state index contributed by atoms with van der Waals surface area (Å²) in [5.41, 5.74) is -0.564. The van der Waals surface area contributed by atoms with E-state index in [4.69, 9.17) is 16.0 Å². The van der Waals surface area contributed by atoms with Crippen LogP contribution < -0.4 is 0 Å². The minimum absolute atomic E-state index is 0.0616. The Morgan fingerprint density at radius 1 is 1.56 bits per heavy atom. The van der Waals surface area contributed by atoms with Gasteiger partial charge < -0.3 is 4.74 Å². The van der Waals surface area contributed by atoms with Crippen molar-refractivity contribution < 1.29 is 14.4 Å². The van der Waals surface area contributed by atoms with E-state index >= 15 is 0 Å². The number of carbonyl (C=O) groups excluding carboxylic acids is 1. The van der Waals surface area contributed by atoms with Gasteiger partial charge in [-0.25, -0.2) is 4.79 Å². The minimum atomic E-state index is -0.575. The van der Waals surface area contributed by atoms with E-state index in [-0.39, 0.29) is 6.54 Å². The number of hydrogen-bond acceptors (Lipinski definition) is 3. The van der Waals surface area contributed by atoms with Crippen molar-refractivity contribution in [2.24, 2.45) is 0 Å². The molecule has 1 amide bonds. The number of hydrogen-bond donors (Lipinski definition) is 0. The van der Waals surface area contributed by atoms with Crippen molar-refractivity contribution in [2.75, 3.05) is 13.2 Å². The molecule has 0 aromatic heterocycles. The van der Waals surface area contributed by atoms with Gasteiger partial charge in [-0.15, -0.1) is 13.0 Å². The van der Waals surface area contributed by atoms with Crippen molar-refractivity contribution >= 4 is 6.09 Å². The standard InChI is InChI=1S/C12H19NO3/c1-6-8-10-15-13(9-7-2)11(14)16-12(3,4)5/h2,6H,1,8-10H2,3-5H3. The number of carbonyl (C=O) groups is 1. The Kier molecular flexibility index (Phi) is 6.28. The van der Waals surface area contributed by atoms with Crippen LogP contribution in [0.5, 0.6) is 0 Å². The summed E-state index contributed by atoms with van der Waals surface area (Å²) in [6, 6.07) is 0. The van der Waals surface area contributed by atoms with Crippen molar-refractivity contribution in [3.63, 3.8) is 0 Å². The topological polar surface area (TPSA) is 38.8 Å². The van der Waals surface area contributed by atoms with Crippen molar-refractivity contribution in [1.29, 1.82) is 0 Å². The first-order valence-corrected chi connectivity index (χ1v) is 5.08. The lowest BCUT2D eigenvalue weighted by Crippen LogP contribution is -2.37. The Morgan fingerprint density at radius 3 is 2.62 bits per heavy atom. The molecule has 0 spiro atoms. The van der Waals surface area contributed by atoms with Crippen LogP contribution in [0.25, 0.3) is 0 Å². The molecule has 0 atom stereocenters. The normalized spacial score (nSPS) is 10.4. The predicted molar refractivity (Wildman–Crippen MR) is 62.5 cm³/mol. The van der Waals surface area contributed by atoms with Crippen molar-refractivity contribution in [3.05, 3.63) is 12.7 Å².